The molecule has 33 heavy (non-hydrogen) atoms. The van der Waals surface area contributed by atoms with Gasteiger partial charge in [-0.25, -0.2) is 9.59 Å². The van der Waals surface area contributed by atoms with Gasteiger partial charge in [-0.2, -0.15) is 0 Å². The lowest BCUT2D eigenvalue weighted by Crippen LogP contribution is -2.35. The highest BCUT2D eigenvalue weighted by atomic mass is 16.6. The second kappa shape index (κ2) is 10.2. The number of amides is 3. The number of pyridine rings is 1. The van der Waals surface area contributed by atoms with E-state index >= 15 is 0 Å². The molecule has 0 spiro atoms. The Hall–Kier alpha value is -3.88. The SMILES string of the molecule is COC(=O)Nc1ccc2c(c1)NC(=O)C/C=C/C[C@H](NC(=O)OC(C)(C)C)c1cc-2ccn1. The average Bonchev–Trinajstić information content (AvgIpc) is 2.74. The van der Waals surface area contributed by atoms with Crippen LogP contribution in [0.4, 0.5) is 21.0 Å². The maximum atomic E-state index is 12.5. The van der Waals surface area contributed by atoms with Crippen LogP contribution in [0.5, 0.6) is 0 Å². The van der Waals surface area contributed by atoms with Crippen LogP contribution < -0.4 is 16.0 Å². The van der Waals surface area contributed by atoms with Crippen LogP contribution in [0.3, 0.4) is 0 Å². The summed E-state index contributed by atoms with van der Waals surface area (Å²) >= 11 is 0. The zero-order valence-corrected chi connectivity index (χ0v) is 19.1. The number of hydrogen-bond donors (Lipinski definition) is 3. The van der Waals surface area contributed by atoms with Gasteiger partial charge in [-0.15, -0.1) is 0 Å². The van der Waals surface area contributed by atoms with E-state index in [0.717, 1.165) is 11.1 Å². The highest BCUT2D eigenvalue weighted by Crippen LogP contribution is 2.33. The molecule has 0 unspecified atom stereocenters. The summed E-state index contributed by atoms with van der Waals surface area (Å²) in [6.45, 7) is 5.39. The third-order valence-electron chi connectivity index (χ3n) is 4.71. The van der Waals surface area contributed by atoms with E-state index in [1.54, 1.807) is 51.2 Å². The Balaban J connectivity index is 2.00. The van der Waals surface area contributed by atoms with Crippen molar-refractivity contribution >= 4 is 29.5 Å². The van der Waals surface area contributed by atoms with Crippen LogP contribution in [0.15, 0.2) is 48.7 Å². The normalized spacial score (nSPS) is 16.7. The fourth-order valence-corrected chi connectivity index (χ4v) is 3.28. The van der Waals surface area contributed by atoms with Crippen LogP contribution in [0, 0.1) is 0 Å². The van der Waals surface area contributed by atoms with Crippen molar-refractivity contribution in [3.8, 4) is 11.1 Å². The summed E-state index contributed by atoms with van der Waals surface area (Å²) < 4.78 is 10.0. The molecular formula is C24H28N4O5. The van der Waals surface area contributed by atoms with Gasteiger partial charge in [0, 0.05) is 23.9 Å². The molecule has 2 bridgehead atoms. The second-order valence-electron chi connectivity index (χ2n) is 8.50. The Morgan fingerprint density at radius 1 is 1.12 bits per heavy atom. The number of nitrogens with zero attached hydrogens (tertiary/aromatic N) is 1. The monoisotopic (exact) mass is 452 g/mol. The van der Waals surface area contributed by atoms with Crippen molar-refractivity contribution in [1.29, 1.82) is 0 Å². The molecule has 1 atom stereocenters. The molecule has 1 aliphatic rings. The van der Waals surface area contributed by atoms with Crippen LogP contribution in [-0.4, -0.2) is 35.8 Å². The summed E-state index contributed by atoms with van der Waals surface area (Å²) in [6.07, 6.45) is 4.65. The predicted molar refractivity (Wildman–Crippen MR) is 125 cm³/mol. The highest BCUT2D eigenvalue weighted by Gasteiger charge is 2.22. The first-order valence-electron chi connectivity index (χ1n) is 10.5. The Bertz CT molecular complexity index is 1070. The van der Waals surface area contributed by atoms with Crippen molar-refractivity contribution < 1.29 is 23.9 Å². The molecule has 9 nitrogen and oxygen atoms in total. The van der Waals surface area contributed by atoms with E-state index in [-0.39, 0.29) is 12.3 Å². The van der Waals surface area contributed by atoms with Gasteiger partial charge in [-0.1, -0.05) is 18.2 Å². The van der Waals surface area contributed by atoms with Crippen molar-refractivity contribution in [2.75, 3.05) is 17.7 Å². The van der Waals surface area contributed by atoms with Gasteiger partial charge in [0.15, 0.2) is 0 Å². The zero-order valence-electron chi connectivity index (χ0n) is 19.1. The van der Waals surface area contributed by atoms with Gasteiger partial charge < -0.3 is 20.1 Å². The highest BCUT2D eigenvalue weighted by molar-refractivity contribution is 5.98. The first kappa shape index (κ1) is 23.8. The third-order valence-corrected chi connectivity index (χ3v) is 4.71. The molecule has 0 saturated heterocycles. The molecule has 3 rings (SSSR count). The van der Waals surface area contributed by atoms with E-state index in [2.05, 4.69) is 25.7 Å². The van der Waals surface area contributed by atoms with Crippen LogP contribution in [0.25, 0.3) is 11.1 Å². The van der Waals surface area contributed by atoms with Gasteiger partial charge in [0.25, 0.3) is 0 Å². The van der Waals surface area contributed by atoms with E-state index in [0.29, 0.717) is 23.5 Å². The molecule has 2 aromatic rings. The van der Waals surface area contributed by atoms with Crippen molar-refractivity contribution in [1.82, 2.24) is 10.3 Å². The van der Waals surface area contributed by atoms with E-state index < -0.39 is 23.8 Å². The lowest BCUT2D eigenvalue weighted by molar-refractivity contribution is -0.115. The number of anilines is 2. The molecule has 9 heteroatoms. The largest absolute Gasteiger partial charge is 0.453 e. The minimum atomic E-state index is -0.631. The van der Waals surface area contributed by atoms with Crippen molar-refractivity contribution in [2.24, 2.45) is 0 Å². The van der Waals surface area contributed by atoms with Gasteiger partial charge >= 0.3 is 12.2 Å². The van der Waals surface area contributed by atoms with Gasteiger partial charge in [0.1, 0.15) is 5.60 Å². The molecule has 2 heterocycles. The number of rotatable bonds is 2. The Kier molecular flexibility index (Phi) is 7.32. The number of benzene rings is 1. The number of hydrogen-bond acceptors (Lipinski definition) is 6. The Morgan fingerprint density at radius 3 is 2.64 bits per heavy atom. The fourth-order valence-electron chi connectivity index (χ4n) is 3.28. The van der Waals surface area contributed by atoms with Gasteiger partial charge in [0.2, 0.25) is 5.91 Å². The maximum absolute atomic E-state index is 12.5. The Labute approximate surface area is 192 Å². The summed E-state index contributed by atoms with van der Waals surface area (Å²) in [5.41, 5.74) is 2.55. The molecule has 0 fully saturated rings. The number of nitrogens with one attached hydrogen (secondary N) is 3. The first-order valence-corrected chi connectivity index (χ1v) is 10.5. The number of fused-ring (bicyclic) bond motifs is 4. The fraction of sp³-hybridized carbons (Fsp3) is 0.333. The lowest BCUT2D eigenvalue weighted by Gasteiger charge is -2.23. The topological polar surface area (TPSA) is 119 Å². The quantitative estimate of drug-likeness (QED) is 0.564. The summed E-state index contributed by atoms with van der Waals surface area (Å²) in [7, 11) is 1.28. The van der Waals surface area contributed by atoms with Crippen LogP contribution in [-0.2, 0) is 14.3 Å². The summed E-state index contributed by atoms with van der Waals surface area (Å²) in [5.74, 6) is -0.214. The molecule has 174 valence electrons. The van der Waals surface area contributed by atoms with E-state index in [1.807, 2.05) is 18.2 Å². The molecule has 1 aromatic carbocycles. The summed E-state index contributed by atoms with van der Waals surface area (Å²) in [5, 5.41) is 8.36. The molecule has 1 aliphatic heterocycles. The third kappa shape index (κ3) is 6.80. The molecule has 1 aromatic heterocycles. The molecule has 0 radical (unpaired) electrons. The van der Waals surface area contributed by atoms with Crippen LogP contribution >= 0.6 is 0 Å². The summed E-state index contributed by atoms with van der Waals surface area (Å²) in [4.78, 5) is 41.0. The predicted octanol–water partition coefficient (Wildman–Crippen LogP) is 4.78. The van der Waals surface area contributed by atoms with E-state index in [4.69, 9.17) is 4.74 Å². The number of carbonyl (C=O) groups excluding carboxylic acids is 3. The van der Waals surface area contributed by atoms with Gasteiger partial charge in [-0.05, 0) is 57.0 Å². The number of methoxy groups -OCH3 is 1. The minimum Gasteiger partial charge on any atom is -0.453 e. The average molecular weight is 453 g/mol. The van der Waals surface area contributed by atoms with Crippen molar-refractivity contribution in [3.63, 3.8) is 0 Å². The Morgan fingerprint density at radius 2 is 1.91 bits per heavy atom. The second-order valence-corrected chi connectivity index (χ2v) is 8.50. The maximum Gasteiger partial charge on any atom is 0.411 e. The first-order chi connectivity index (χ1) is 15.6. The molecule has 0 saturated carbocycles. The minimum absolute atomic E-state index is 0.147. The number of alkyl carbamates (subject to hydrolysis) is 1. The molecule has 3 N–H and O–H groups in total. The van der Waals surface area contributed by atoms with Crippen molar-refractivity contribution in [3.05, 3.63) is 54.4 Å². The van der Waals surface area contributed by atoms with E-state index in [1.165, 1.54) is 7.11 Å². The smallest absolute Gasteiger partial charge is 0.411 e. The molecule has 3 amide bonds. The van der Waals surface area contributed by atoms with Gasteiger partial charge in [0.05, 0.1) is 24.5 Å². The molecule has 0 aliphatic carbocycles. The van der Waals surface area contributed by atoms with Crippen molar-refractivity contribution in [2.45, 2.75) is 45.3 Å². The van der Waals surface area contributed by atoms with Gasteiger partial charge in [-0.3, -0.25) is 15.1 Å². The standard InChI is InChI=1S/C24H28N4O5/c1-24(2,3)33-23(31)28-18-7-5-6-8-21(29)27-19-14-16(26-22(30)32-4)9-10-17(19)15-11-12-25-20(18)13-15/h5-6,9-14,18H,7-8H2,1-4H3,(H,26,30)(H,27,29)(H,28,31)/b6-5+/t18-/m0/s1. The number of ether oxygens (including phenoxy) is 2. The van der Waals surface area contributed by atoms with Crippen LogP contribution in [0.1, 0.15) is 45.3 Å². The van der Waals surface area contributed by atoms with E-state index in [9.17, 15) is 14.4 Å². The van der Waals surface area contributed by atoms with Crippen LogP contribution in [0.2, 0.25) is 0 Å². The molecular weight excluding hydrogens is 424 g/mol. The zero-order chi connectivity index (χ0) is 24.0. The number of carbonyl (C=O) groups is 3. The summed E-state index contributed by atoms with van der Waals surface area (Å²) in [6, 6.07) is 8.39. The number of aromatic nitrogens is 1. The lowest BCUT2D eigenvalue weighted by atomic mass is 9.99.